The molecule has 0 aliphatic heterocycles. The lowest BCUT2D eigenvalue weighted by atomic mass is 10.0. The number of thiocarbonyl (C=S) groups is 1. The van der Waals surface area contributed by atoms with Crippen molar-refractivity contribution in [2.45, 2.75) is 26.8 Å². The predicted octanol–water partition coefficient (Wildman–Crippen LogP) is 2.92. The van der Waals surface area contributed by atoms with Crippen LogP contribution in [0.15, 0.2) is 18.2 Å². The molecule has 0 spiro atoms. The van der Waals surface area contributed by atoms with Crippen molar-refractivity contribution in [2.24, 2.45) is 11.7 Å². The van der Waals surface area contributed by atoms with Gasteiger partial charge >= 0.3 is 0 Å². The van der Waals surface area contributed by atoms with Crippen LogP contribution in [-0.4, -0.2) is 11.0 Å². The zero-order valence-corrected chi connectivity index (χ0v) is 10.6. The first-order chi connectivity index (χ1) is 7.41. The number of hydrogen-bond acceptors (Lipinski definition) is 2. The minimum Gasteiger partial charge on any atom is -0.389 e. The highest BCUT2D eigenvalue weighted by Gasteiger charge is 2.11. The van der Waals surface area contributed by atoms with Crippen molar-refractivity contribution in [1.29, 1.82) is 0 Å². The molecule has 1 aromatic carbocycles. The highest BCUT2D eigenvalue weighted by Crippen LogP contribution is 2.19. The van der Waals surface area contributed by atoms with E-state index < -0.39 is 0 Å². The van der Waals surface area contributed by atoms with E-state index in [4.69, 9.17) is 18.0 Å². The van der Waals surface area contributed by atoms with Crippen molar-refractivity contribution < 1.29 is 4.39 Å². The number of hydrogen-bond donors (Lipinski definition) is 2. The minimum absolute atomic E-state index is 0.206. The van der Waals surface area contributed by atoms with Gasteiger partial charge in [-0.1, -0.05) is 26.1 Å². The highest BCUT2D eigenvalue weighted by atomic mass is 32.1. The van der Waals surface area contributed by atoms with E-state index in [9.17, 15) is 4.39 Å². The van der Waals surface area contributed by atoms with Crippen LogP contribution in [0.1, 0.15) is 26.3 Å². The van der Waals surface area contributed by atoms with Gasteiger partial charge in [-0.2, -0.15) is 0 Å². The summed E-state index contributed by atoms with van der Waals surface area (Å²) in [5.41, 5.74) is 6.91. The Morgan fingerprint density at radius 2 is 2.00 bits per heavy atom. The second-order valence-electron chi connectivity index (χ2n) is 4.23. The van der Waals surface area contributed by atoms with Gasteiger partial charge < -0.3 is 11.1 Å². The van der Waals surface area contributed by atoms with Gasteiger partial charge in [0.15, 0.2) is 0 Å². The van der Waals surface area contributed by atoms with Crippen LogP contribution in [-0.2, 0) is 0 Å². The Labute approximate surface area is 101 Å². The molecule has 4 heteroatoms. The molecule has 1 unspecified atom stereocenters. The van der Waals surface area contributed by atoms with Gasteiger partial charge in [-0.15, -0.1) is 0 Å². The SMILES string of the molecule is CC(C)C(C)Nc1ccc(F)cc1C(N)=S. The van der Waals surface area contributed by atoms with Gasteiger partial charge in [0.2, 0.25) is 0 Å². The average Bonchev–Trinajstić information content (AvgIpc) is 2.20. The molecule has 0 amide bonds. The third-order valence-corrected chi connectivity index (χ3v) is 2.85. The van der Waals surface area contributed by atoms with Gasteiger partial charge in [0, 0.05) is 17.3 Å². The zero-order valence-electron chi connectivity index (χ0n) is 9.75. The Kier molecular flexibility index (Phi) is 4.24. The summed E-state index contributed by atoms with van der Waals surface area (Å²) in [7, 11) is 0. The highest BCUT2D eigenvalue weighted by molar-refractivity contribution is 7.80. The first kappa shape index (κ1) is 12.9. The molecule has 16 heavy (non-hydrogen) atoms. The molecule has 0 heterocycles. The van der Waals surface area contributed by atoms with Gasteiger partial charge in [0.1, 0.15) is 10.8 Å². The third kappa shape index (κ3) is 3.17. The smallest absolute Gasteiger partial charge is 0.124 e. The van der Waals surface area contributed by atoms with Crippen LogP contribution in [0.3, 0.4) is 0 Å². The summed E-state index contributed by atoms with van der Waals surface area (Å²) in [5, 5.41) is 3.28. The van der Waals surface area contributed by atoms with Crippen LogP contribution in [0.2, 0.25) is 0 Å². The molecule has 0 aliphatic rings. The Morgan fingerprint density at radius 3 is 2.50 bits per heavy atom. The van der Waals surface area contributed by atoms with Crippen LogP contribution < -0.4 is 11.1 Å². The van der Waals surface area contributed by atoms with Gasteiger partial charge in [-0.05, 0) is 31.0 Å². The molecule has 0 fully saturated rings. The largest absolute Gasteiger partial charge is 0.389 e. The number of rotatable bonds is 4. The molecule has 1 rings (SSSR count). The van der Waals surface area contributed by atoms with E-state index in [1.54, 1.807) is 6.07 Å². The topological polar surface area (TPSA) is 38.0 Å². The molecule has 1 atom stereocenters. The molecule has 0 radical (unpaired) electrons. The predicted molar refractivity (Wildman–Crippen MR) is 70.2 cm³/mol. The molecule has 3 N–H and O–H groups in total. The van der Waals surface area contributed by atoms with Crippen molar-refractivity contribution >= 4 is 22.9 Å². The van der Waals surface area contributed by atoms with Crippen molar-refractivity contribution in [3.8, 4) is 0 Å². The fourth-order valence-electron chi connectivity index (χ4n) is 1.26. The van der Waals surface area contributed by atoms with Crippen LogP contribution in [0, 0.1) is 11.7 Å². The molecule has 2 nitrogen and oxygen atoms in total. The first-order valence-corrected chi connectivity index (χ1v) is 5.68. The monoisotopic (exact) mass is 240 g/mol. The van der Waals surface area contributed by atoms with Crippen LogP contribution in [0.5, 0.6) is 0 Å². The number of halogens is 1. The van der Waals surface area contributed by atoms with Crippen molar-refractivity contribution in [3.63, 3.8) is 0 Å². The summed E-state index contributed by atoms with van der Waals surface area (Å²) in [4.78, 5) is 0.206. The second kappa shape index (κ2) is 5.25. The van der Waals surface area contributed by atoms with Crippen LogP contribution in [0.25, 0.3) is 0 Å². The lowest BCUT2D eigenvalue weighted by Gasteiger charge is -2.20. The van der Waals surface area contributed by atoms with Gasteiger partial charge in [-0.25, -0.2) is 4.39 Å². The Morgan fingerprint density at radius 1 is 1.38 bits per heavy atom. The number of anilines is 1. The fraction of sp³-hybridized carbons (Fsp3) is 0.417. The Bertz CT molecular complexity index is 391. The maximum absolute atomic E-state index is 13.1. The number of nitrogens with two attached hydrogens (primary N) is 1. The van der Waals surface area contributed by atoms with Gasteiger partial charge in [0.05, 0.1) is 0 Å². The molecule has 0 aliphatic carbocycles. The van der Waals surface area contributed by atoms with E-state index in [0.717, 1.165) is 5.69 Å². The first-order valence-electron chi connectivity index (χ1n) is 5.27. The third-order valence-electron chi connectivity index (χ3n) is 2.63. The quantitative estimate of drug-likeness (QED) is 0.795. The normalized spacial score (nSPS) is 12.6. The van der Waals surface area contributed by atoms with E-state index in [-0.39, 0.29) is 16.8 Å². The van der Waals surface area contributed by atoms with Crippen LogP contribution >= 0.6 is 12.2 Å². The molecule has 0 aromatic heterocycles. The fourth-order valence-corrected chi connectivity index (χ4v) is 1.43. The standard InChI is InChI=1S/C12H17FN2S/c1-7(2)8(3)15-11-5-4-9(13)6-10(11)12(14)16/h4-8,15H,1-3H3,(H2,14,16). The zero-order chi connectivity index (χ0) is 12.3. The summed E-state index contributed by atoms with van der Waals surface area (Å²) in [5.74, 6) is 0.148. The molecular formula is C12H17FN2S. The van der Waals surface area contributed by atoms with E-state index in [2.05, 4.69) is 26.1 Å². The molecule has 0 saturated heterocycles. The maximum atomic E-state index is 13.1. The average molecular weight is 240 g/mol. The molecule has 1 aromatic rings. The number of nitrogens with one attached hydrogen (secondary N) is 1. The van der Waals surface area contributed by atoms with Crippen molar-refractivity contribution in [1.82, 2.24) is 0 Å². The van der Waals surface area contributed by atoms with Crippen molar-refractivity contribution in [3.05, 3.63) is 29.6 Å². The Balaban J connectivity index is 2.99. The summed E-state index contributed by atoms with van der Waals surface area (Å²) < 4.78 is 13.1. The van der Waals surface area contributed by atoms with Crippen LogP contribution in [0.4, 0.5) is 10.1 Å². The summed E-state index contributed by atoms with van der Waals surface area (Å²) >= 11 is 4.90. The van der Waals surface area contributed by atoms with E-state index in [1.807, 2.05) is 0 Å². The lowest BCUT2D eigenvalue weighted by molar-refractivity contribution is 0.559. The lowest BCUT2D eigenvalue weighted by Crippen LogP contribution is -2.24. The summed E-state index contributed by atoms with van der Waals surface area (Å²) in [6, 6.07) is 4.70. The van der Waals surface area contributed by atoms with E-state index >= 15 is 0 Å². The van der Waals surface area contributed by atoms with Crippen molar-refractivity contribution in [2.75, 3.05) is 5.32 Å². The molecule has 0 bridgehead atoms. The molecule has 0 saturated carbocycles. The van der Waals surface area contributed by atoms with E-state index in [0.29, 0.717) is 11.5 Å². The van der Waals surface area contributed by atoms with E-state index in [1.165, 1.54) is 12.1 Å². The Hall–Kier alpha value is -1.16. The number of benzene rings is 1. The van der Waals surface area contributed by atoms with Gasteiger partial charge in [0.25, 0.3) is 0 Å². The molecular weight excluding hydrogens is 223 g/mol. The second-order valence-corrected chi connectivity index (χ2v) is 4.67. The van der Waals surface area contributed by atoms with Gasteiger partial charge in [-0.3, -0.25) is 0 Å². The maximum Gasteiger partial charge on any atom is 0.124 e. The minimum atomic E-state index is -0.328. The summed E-state index contributed by atoms with van der Waals surface area (Å²) in [6.45, 7) is 6.29. The molecule has 88 valence electrons. The summed E-state index contributed by atoms with van der Waals surface area (Å²) in [6.07, 6.45) is 0.